The number of rotatable bonds is 1. The standard InChI is InChI=1S/C16H22O/c1-11-9-13(12-7-5-6-8-12)15(17)14(10-11)16(2,3)4/h5,7,9-10,12,17H,6,8H2,1-4H3. The van der Waals surface area contributed by atoms with Crippen molar-refractivity contribution in [2.24, 2.45) is 0 Å². The van der Waals surface area contributed by atoms with E-state index in [2.05, 4.69) is 52.0 Å². The molecular formula is C16H22O. The molecule has 0 heterocycles. The molecule has 17 heavy (non-hydrogen) atoms. The number of hydrogen-bond donors (Lipinski definition) is 1. The van der Waals surface area contributed by atoms with E-state index in [1.54, 1.807) is 0 Å². The molecule has 1 aromatic rings. The van der Waals surface area contributed by atoms with Crippen LogP contribution in [0.15, 0.2) is 24.3 Å². The van der Waals surface area contributed by atoms with Gasteiger partial charge in [-0.1, -0.05) is 50.6 Å². The van der Waals surface area contributed by atoms with E-state index in [0.717, 1.165) is 24.0 Å². The Morgan fingerprint density at radius 3 is 2.47 bits per heavy atom. The maximum Gasteiger partial charge on any atom is 0.123 e. The summed E-state index contributed by atoms with van der Waals surface area (Å²) in [6.45, 7) is 8.55. The average Bonchev–Trinajstić information content (AvgIpc) is 2.72. The van der Waals surface area contributed by atoms with Gasteiger partial charge in [0.2, 0.25) is 0 Å². The van der Waals surface area contributed by atoms with Gasteiger partial charge in [0.15, 0.2) is 0 Å². The molecule has 0 bridgehead atoms. The van der Waals surface area contributed by atoms with Crippen LogP contribution in [-0.2, 0) is 5.41 Å². The van der Waals surface area contributed by atoms with E-state index in [9.17, 15) is 5.11 Å². The maximum absolute atomic E-state index is 10.5. The first-order chi connectivity index (χ1) is 7.89. The molecule has 0 saturated heterocycles. The summed E-state index contributed by atoms with van der Waals surface area (Å²) >= 11 is 0. The summed E-state index contributed by atoms with van der Waals surface area (Å²) in [4.78, 5) is 0. The van der Waals surface area contributed by atoms with Crippen LogP contribution >= 0.6 is 0 Å². The maximum atomic E-state index is 10.5. The number of phenolic OH excluding ortho intramolecular Hbond substituents is 1. The van der Waals surface area contributed by atoms with E-state index in [1.807, 2.05) is 0 Å². The summed E-state index contributed by atoms with van der Waals surface area (Å²) in [5, 5.41) is 10.5. The van der Waals surface area contributed by atoms with Crippen LogP contribution in [0.25, 0.3) is 0 Å². The Balaban J connectivity index is 2.53. The van der Waals surface area contributed by atoms with Crippen molar-refractivity contribution >= 4 is 0 Å². The molecule has 2 rings (SSSR count). The summed E-state index contributed by atoms with van der Waals surface area (Å²) in [5.74, 6) is 0.899. The van der Waals surface area contributed by atoms with Crippen LogP contribution in [0.4, 0.5) is 0 Å². The Morgan fingerprint density at radius 1 is 1.24 bits per heavy atom. The van der Waals surface area contributed by atoms with Crippen molar-refractivity contribution in [2.45, 2.75) is 51.9 Å². The van der Waals surface area contributed by atoms with Gasteiger partial charge in [-0.3, -0.25) is 0 Å². The van der Waals surface area contributed by atoms with E-state index < -0.39 is 0 Å². The van der Waals surface area contributed by atoms with Gasteiger partial charge in [0.25, 0.3) is 0 Å². The van der Waals surface area contributed by atoms with E-state index in [-0.39, 0.29) is 5.41 Å². The molecular weight excluding hydrogens is 208 g/mol. The highest BCUT2D eigenvalue weighted by Crippen LogP contribution is 2.40. The molecule has 0 spiro atoms. The number of aryl methyl sites for hydroxylation is 1. The van der Waals surface area contributed by atoms with Crippen molar-refractivity contribution in [1.82, 2.24) is 0 Å². The zero-order chi connectivity index (χ0) is 12.6. The average molecular weight is 230 g/mol. The van der Waals surface area contributed by atoms with Crippen LogP contribution in [0, 0.1) is 6.92 Å². The molecule has 1 nitrogen and oxygen atoms in total. The summed E-state index contributed by atoms with van der Waals surface area (Å²) in [6, 6.07) is 4.24. The Bertz CT molecular complexity index is 449. The van der Waals surface area contributed by atoms with Crippen LogP contribution < -0.4 is 0 Å². The smallest absolute Gasteiger partial charge is 0.123 e. The highest BCUT2D eigenvalue weighted by molar-refractivity contribution is 5.49. The zero-order valence-corrected chi connectivity index (χ0v) is 11.2. The Kier molecular flexibility index (Phi) is 3.03. The second-order valence-electron chi connectivity index (χ2n) is 6.11. The van der Waals surface area contributed by atoms with E-state index in [4.69, 9.17) is 0 Å². The molecule has 1 atom stereocenters. The third kappa shape index (κ3) is 2.38. The van der Waals surface area contributed by atoms with Crippen molar-refractivity contribution in [1.29, 1.82) is 0 Å². The lowest BCUT2D eigenvalue weighted by molar-refractivity contribution is 0.437. The Morgan fingerprint density at radius 2 is 1.94 bits per heavy atom. The van der Waals surface area contributed by atoms with Gasteiger partial charge in [0.1, 0.15) is 5.75 Å². The lowest BCUT2D eigenvalue weighted by Crippen LogP contribution is -2.13. The van der Waals surface area contributed by atoms with Crippen LogP contribution in [-0.4, -0.2) is 5.11 Å². The second kappa shape index (κ2) is 4.21. The van der Waals surface area contributed by atoms with Crippen LogP contribution in [0.2, 0.25) is 0 Å². The molecule has 1 aromatic carbocycles. The molecule has 0 aliphatic heterocycles. The lowest BCUT2D eigenvalue weighted by Gasteiger charge is -2.24. The van der Waals surface area contributed by atoms with Crippen LogP contribution in [0.1, 0.15) is 56.2 Å². The largest absolute Gasteiger partial charge is 0.507 e. The van der Waals surface area contributed by atoms with E-state index >= 15 is 0 Å². The predicted molar refractivity (Wildman–Crippen MR) is 72.7 cm³/mol. The molecule has 1 unspecified atom stereocenters. The minimum Gasteiger partial charge on any atom is -0.507 e. The quantitative estimate of drug-likeness (QED) is 0.707. The van der Waals surface area contributed by atoms with Gasteiger partial charge in [-0.25, -0.2) is 0 Å². The van der Waals surface area contributed by atoms with Crippen LogP contribution in [0.5, 0.6) is 5.75 Å². The van der Waals surface area contributed by atoms with Crippen molar-refractivity contribution in [2.75, 3.05) is 0 Å². The fourth-order valence-corrected chi connectivity index (χ4v) is 2.55. The molecule has 92 valence electrons. The minimum absolute atomic E-state index is 0.00677. The molecule has 1 heteroatoms. The van der Waals surface area contributed by atoms with Gasteiger partial charge in [0, 0.05) is 11.5 Å². The molecule has 1 aliphatic rings. The first-order valence-corrected chi connectivity index (χ1v) is 6.40. The number of phenols is 1. The molecule has 1 N–H and O–H groups in total. The monoisotopic (exact) mass is 230 g/mol. The fourth-order valence-electron chi connectivity index (χ4n) is 2.55. The Labute approximate surface area is 104 Å². The first-order valence-electron chi connectivity index (χ1n) is 6.40. The van der Waals surface area contributed by atoms with Gasteiger partial charge in [0.05, 0.1) is 0 Å². The van der Waals surface area contributed by atoms with Crippen molar-refractivity contribution in [3.8, 4) is 5.75 Å². The van der Waals surface area contributed by atoms with Crippen molar-refractivity contribution in [3.05, 3.63) is 41.0 Å². The number of benzene rings is 1. The molecule has 1 aliphatic carbocycles. The topological polar surface area (TPSA) is 20.2 Å². The van der Waals surface area contributed by atoms with Gasteiger partial charge in [-0.2, -0.15) is 0 Å². The zero-order valence-electron chi connectivity index (χ0n) is 11.2. The lowest BCUT2D eigenvalue weighted by atomic mass is 9.82. The van der Waals surface area contributed by atoms with Gasteiger partial charge in [-0.05, 0) is 30.7 Å². The van der Waals surface area contributed by atoms with E-state index in [1.165, 1.54) is 5.56 Å². The summed E-state index contributed by atoms with van der Waals surface area (Å²) in [5.41, 5.74) is 3.40. The second-order valence-corrected chi connectivity index (χ2v) is 6.11. The Hall–Kier alpha value is -1.24. The number of allylic oxidation sites excluding steroid dienone is 2. The molecule has 0 fully saturated rings. The van der Waals surface area contributed by atoms with Gasteiger partial charge < -0.3 is 5.11 Å². The van der Waals surface area contributed by atoms with Gasteiger partial charge >= 0.3 is 0 Å². The summed E-state index contributed by atoms with van der Waals surface area (Å²) in [6.07, 6.45) is 6.69. The normalized spacial score (nSPS) is 19.9. The summed E-state index contributed by atoms with van der Waals surface area (Å²) in [7, 11) is 0. The highest BCUT2D eigenvalue weighted by atomic mass is 16.3. The van der Waals surface area contributed by atoms with Crippen molar-refractivity contribution < 1.29 is 5.11 Å². The number of hydrogen-bond acceptors (Lipinski definition) is 1. The first kappa shape index (κ1) is 12.2. The third-order valence-electron chi connectivity index (χ3n) is 3.50. The fraction of sp³-hybridized carbons (Fsp3) is 0.500. The summed E-state index contributed by atoms with van der Waals surface area (Å²) < 4.78 is 0. The molecule has 0 radical (unpaired) electrons. The number of aromatic hydroxyl groups is 1. The molecule has 0 amide bonds. The molecule has 0 aromatic heterocycles. The predicted octanol–water partition coefficient (Wildman–Crippen LogP) is 4.43. The SMILES string of the molecule is Cc1cc(C2C=CCC2)c(O)c(C(C)(C)C)c1. The van der Waals surface area contributed by atoms with Crippen LogP contribution in [0.3, 0.4) is 0 Å². The highest BCUT2D eigenvalue weighted by Gasteiger charge is 2.24. The third-order valence-corrected chi connectivity index (χ3v) is 3.50. The van der Waals surface area contributed by atoms with Crippen molar-refractivity contribution in [3.63, 3.8) is 0 Å². The molecule has 0 saturated carbocycles. The minimum atomic E-state index is -0.00677. The van der Waals surface area contributed by atoms with E-state index in [0.29, 0.717) is 11.7 Å². The van der Waals surface area contributed by atoms with Gasteiger partial charge in [-0.15, -0.1) is 0 Å².